The number of hydrogen-bond acceptors (Lipinski definition) is 16. The van der Waals surface area contributed by atoms with E-state index in [1.807, 2.05) is 0 Å². The van der Waals surface area contributed by atoms with Crippen LogP contribution in [0.3, 0.4) is 0 Å². The van der Waals surface area contributed by atoms with Crippen molar-refractivity contribution in [3.63, 3.8) is 0 Å². The zero-order valence-electron chi connectivity index (χ0n) is 28.4. The number of carbonyl (C=O) groups excluding carboxylic acids is 2. The largest absolute Gasteiger partial charge is 0.491 e. The Balaban J connectivity index is 1.51. The molecule has 1 aliphatic rings. The van der Waals surface area contributed by atoms with Crippen LogP contribution < -0.4 is 32.5 Å². The minimum Gasteiger partial charge on any atom is -0.491 e. The Morgan fingerprint density at radius 2 is 1.87 bits per heavy atom. The lowest BCUT2D eigenvalue weighted by molar-refractivity contribution is -0.125. The summed E-state index contributed by atoms with van der Waals surface area (Å²) in [5.41, 5.74) is 11.1. The number of carbonyl (C=O) groups is 2. The number of amides is 2. The lowest BCUT2D eigenvalue weighted by Gasteiger charge is -2.21. The van der Waals surface area contributed by atoms with Gasteiger partial charge in [-0.25, -0.2) is 18.5 Å². The van der Waals surface area contributed by atoms with Crippen molar-refractivity contribution in [2.24, 2.45) is 5.73 Å². The number of hydrogen-bond donors (Lipinski definition) is 8. The highest BCUT2D eigenvalue weighted by Gasteiger charge is 2.43. The molecule has 23 nitrogen and oxygen atoms in total. The van der Waals surface area contributed by atoms with Crippen LogP contribution in [0, 0.1) is 0 Å². The Kier molecular flexibility index (Phi) is 17.3. The summed E-state index contributed by atoms with van der Waals surface area (Å²) in [6, 6.07) is 6.53. The molecule has 0 saturated carbocycles. The van der Waals surface area contributed by atoms with E-state index in [9.17, 15) is 37.9 Å². The molecule has 2 heterocycles. The minimum absolute atomic E-state index is 0.0219. The van der Waals surface area contributed by atoms with Crippen molar-refractivity contribution in [2.75, 3.05) is 58.4 Å². The van der Waals surface area contributed by atoms with Gasteiger partial charge in [-0.1, -0.05) is 24.3 Å². The van der Waals surface area contributed by atoms with Crippen LogP contribution in [0.25, 0.3) is 6.08 Å². The monoisotopic (exact) mass is 826 g/mol. The molecule has 1 fully saturated rings. The number of phosphoric acid groups is 3. The summed E-state index contributed by atoms with van der Waals surface area (Å²) >= 11 is 0. The third-order valence-electron chi connectivity index (χ3n) is 6.72. The van der Waals surface area contributed by atoms with Crippen molar-refractivity contribution in [1.82, 2.24) is 20.2 Å². The molecular weight excluding hydrogens is 785 g/mol. The molecule has 1 aromatic heterocycles. The molecular formula is C28H41N6O17P3. The molecule has 1 aromatic carbocycles. The van der Waals surface area contributed by atoms with Crippen molar-refractivity contribution in [3.8, 4) is 5.75 Å². The number of benzene rings is 1. The van der Waals surface area contributed by atoms with E-state index in [2.05, 4.69) is 35.3 Å². The van der Waals surface area contributed by atoms with Crippen molar-refractivity contribution >= 4 is 47.2 Å². The maximum Gasteiger partial charge on any atom is 0.490 e. The molecule has 10 N–H and O–H groups in total. The second kappa shape index (κ2) is 20.9. The lowest BCUT2D eigenvalue weighted by atomic mass is 10.2. The third kappa shape index (κ3) is 15.6. The van der Waals surface area contributed by atoms with E-state index in [4.69, 9.17) is 40.2 Å². The van der Waals surface area contributed by atoms with E-state index in [1.54, 1.807) is 24.3 Å². The van der Waals surface area contributed by atoms with E-state index in [-0.39, 0.29) is 56.7 Å². The number of anilines is 1. The van der Waals surface area contributed by atoms with Gasteiger partial charge in [0, 0.05) is 43.4 Å². The maximum absolute atomic E-state index is 12.8. The average Bonchev–Trinajstić information content (AvgIpc) is 3.49. The van der Waals surface area contributed by atoms with Gasteiger partial charge in [-0.15, -0.1) is 6.58 Å². The van der Waals surface area contributed by atoms with Gasteiger partial charge >= 0.3 is 29.2 Å². The van der Waals surface area contributed by atoms with Crippen LogP contribution in [0.4, 0.5) is 5.82 Å². The second-order valence-corrected chi connectivity index (χ2v) is 15.3. The minimum atomic E-state index is -5.75. The highest BCUT2D eigenvalue weighted by Crippen LogP contribution is 2.66. The predicted molar refractivity (Wildman–Crippen MR) is 187 cm³/mol. The molecule has 26 heteroatoms. The summed E-state index contributed by atoms with van der Waals surface area (Å²) in [5, 5.41) is 5.27. The van der Waals surface area contributed by atoms with Crippen LogP contribution in [0.15, 0.2) is 54.0 Å². The number of nitrogens with two attached hydrogens (primary N) is 2. The molecule has 0 spiro atoms. The van der Waals surface area contributed by atoms with Gasteiger partial charge in [0.05, 0.1) is 25.9 Å². The van der Waals surface area contributed by atoms with Crippen LogP contribution in [0.1, 0.15) is 28.6 Å². The average molecular weight is 827 g/mol. The van der Waals surface area contributed by atoms with Gasteiger partial charge in [-0.05, 0) is 18.2 Å². The summed E-state index contributed by atoms with van der Waals surface area (Å²) in [6.07, 6.45) is 2.48. The topological polar surface area (TPSA) is 342 Å². The first-order valence-electron chi connectivity index (χ1n) is 15.7. The molecule has 0 bridgehead atoms. The highest BCUT2D eigenvalue weighted by atomic mass is 31.3. The van der Waals surface area contributed by atoms with Crippen molar-refractivity contribution < 1.29 is 75.0 Å². The molecule has 3 unspecified atom stereocenters. The van der Waals surface area contributed by atoms with E-state index < -0.39 is 60.1 Å². The van der Waals surface area contributed by atoms with E-state index >= 15 is 0 Å². The first kappa shape index (κ1) is 44.8. The van der Waals surface area contributed by atoms with Gasteiger partial charge in [-0.3, -0.25) is 18.7 Å². The van der Waals surface area contributed by atoms with Gasteiger partial charge in [0.2, 0.25) is 5.91 Å². The summed E-state index contributed by atoms with van der Waals surface area (Å²) in [5.74, 6) is -0.432. The molecule has 0 radical (unpaired) electrons. The number of phosphoric ester groups is 1. The predicted octanol–water partition coefficient (Wildman–Crippen LogP) is -0.0590. The lowest BCUT2D eigenvalue weighted by Crippen LogP contribution is -2.30. The van der Waals surface area contributed by atoms with Crippen LogP contribution in [0.2, 0.25) is 0 Å². The fraction of sp³-hybridized carbons (Fsp3) is 0.429. The molecule has 1 aliphatic heterocycles. The van der Waals surface area contributed by atoms with Gasteiger partial charge in [-0.2, -0.15) is 13.6 Å². The standard InChI is InChI=1S/C28H41N6O17P3/c1-2-11-47-22-15-25(49-23(22)17-48-53(41,42)51-54(43,44)50-52(38,39)40)34-16-20(26(30)33-28(34)37)6-4-9-31-24(35)18-45-12-13-46-21-7-3-5-19(14-21)27(36)32-10-8-29/h2-7,14,16,22-23,25H,1,8-13,15,17-18,29H2,(H,31,35)(H,32,36)(H,41,42)(H,43,44)(H2,30,33,37)(H2,38,39,40)/b6-4+/t22-,23?,25-/m1/s1. The molecule has 300 valence electrons. The van der Waals surface area contributed by atoms with Crippen LogP contribution >= 0.6 is 23.5 Å². The molecule has 54 heavy (non-hydrogen) atoms. The van der Waals surface area contributed by atoms with E-state index in [1.165, 1.54) is 24.4 Å². The molecule has 1 saturated heterocycles. The van der Waals surface area contributed by atoms with Gasteiger partial charge < -0.3 is 60.6 Å². The van der Waals surface area contributed by atoms with Gasteiger partial charge in [0.25, 0.3) is 5.91 Å². The van der Waals surface area contributed by atoms with Crippen molar-refractivity contribution in [1.29, 1.82) is 0 Å². The Morgan fingerprint density at radius 1 is 1.11 bits per heavy atom. The van der Waals surface area contributed by atoms with Gasteiger partial charge in [0.15, 0.2) is 0 Å². The van der Waals surface area contributed by atoms with Crippen LogP contribution in [-0.4, -0.2) is 106 Å². The summed E-state index contributed by atoms with van der Waals surface area (Å²) < 4.78 is 70.2. The number of aromatic nitrogens is 2. The zero-order chi connectivity index (χ0) is 39.9. The quantitative estimate of drug-likeness (QED) is 0.0413. The smallest absolute Gasteiger partial charge is 0.490 e. The van der Waals surface area contributed by atoms with Crippen molar-refractivity contribution in [3.05, 3.63) is 70.8 Å². The highest BCUT2D eigenvalue weighted by molar-refractivity contribution is 7.66. The summed E-state index contributed by atoms with van der Waals surface area (Å²) in [7, 11) is -16.8. The van der Waals surface area contributed by atoms with Gasteiger partial charge in [0.1, 0.15) is 37.1 Å². The Labute approximate surface area is 307 Å². The second-order valence-electron chi connectivity index (χ2n) is 10.9. The number of nitrogens with zero attached hydrogens (tertiary/aromatic N) is 2. The summed E-state index contributed by atoms with van der Waals surface area (Å²) in [4.78, 5) is 77.4. The first-order chi connectivity index (χ1) is 25.4. The number of nitrogens with one attached hydrogen (secondary N) is 2. The molecule has 3 rings (SSSR count). The number of nitrogen functional groups attached to an aromatic ring is 1. The molecule has 2 aromatic rings. The Morgan fingerprint density at radius 3 is 2.57 bits per heavy atom. The maximum atomic E-state index is 12.8. The fourth-order valence-corrected chi connectivity index (χ4v) is 7.53. The fourth-order valence-electron chi connectivity index (χ4n) is 4.50. The van der Waals surface area contributed by atoms with E-state index in [0.717, 1.165) is 4.57 Å². The Bertz CT molecular complexity index is 1840. The van der Waals surface area contributed by atoms with Crippen molar-refractivity contribution in [2.45, 2.75) is 24.9 Å². The van der Waals surface area contributed by atoms with Crippen LogP contribution in [-0.2, 0) is 45.8 Å². The van der Waals surface area contributed by atoms with Crippen LogP contribution in [0.5, 0.6) is 5.75 Å². The summed E-state index contributed by atoms with van der Waals surface area (Å²) in [6.45, 7) is 3.29. The molecule has 2 amide bonds. The normalized spacial score (nSPS) is 19.5. The Hall–Kier alpha value is -3.63. The third-order valence-corrected chi connectivity index (χ3v) is 10.5. The van der Waals surface area contributed by atoms with E-state index in [0.29, 0.717) is 24.4 Å². The number of ether oxygens (including phenoxy) is 4. The molecule has 0 aliphatic carbocycles. The number of rotatable bonds is 23. The first-order valence-corrected chi connectivity index (χ1v) is 20.2. The molecule has 5 atom stereocenters. The SMILES string of the molecule is C=CCO[C@@H]1C[C@H](n2cc(/C=C/CNC(=O)COCCOc3cccc(C(=O)NCCN)c3)c(N)nc2=O)OC1COP(=O)(O)OP(=O)(O)OP(=O)(O)O. The zero-order valence-corrected chi connectivity index (χ0v) is 31.1.